The first-order valence-corrected chi connectivity index (χ1v) is 8.97. The van der Waals surface area contributed by atoms with Gasteiger partial charge in [0, 0.05) is 43.2 Å². The number of carbonyl (C=O) groups excluding carboxylic acids is 1. The molecule has 0 aliphatic carbocycles. The average molecular weight is 340 g/mol. The Kier molecular flexibility index (Phi) is 3.98. The van der Waals surface area contributed by atoms with Crippen molar-refractivity contribution in [2.45, 2.75) is 39.2 Å². The Hall–Kier alpha value is -2.37. The van der Waals surface area contributed by atoms with Crippen molar-refractivity contribution in [3.8, 4) is 0 Å². The number of hydrogen-bond donors (Lipinski definition) is 0. The molecule has 6 nitrogen and oxygen atoms in total. The van der Waals surface area contributed by atoms with Gasteiger partial charge in [-0.25, -0.2) is 9.97 Å². The van der Waals surface area contributed by atoms with Gasteiger partial charge in [0.05, 0.1) is 12.3 Å². The van der Waals surface area contributed by atoms with Crippen LogP contribution >= 0.6 is 0 Å². The van der Waals surface area contributed by atoms with E-state index in [2.05, 4.69) is 23.7 Å². The van der Waals surface area contributed by atoms with Crippen LogP contribution in [0.4, 0.5) is 5.82 Å². The van der Waals surface area contributed by atoms with Gasteiger partial charge in [-0.05, 0) is 25.5 Å². The summed E-state index contributed by atoms with van der Waals surface area (Å²) in [7, 11) is 0. The van der Waals surface area contributed by atoms with Gasteiger partial charge < -0.3 is 14.2 Å². The minimum Gasteiger partial charge on any atom is -0.459 e. The van der Waals surface area contributed by atoms with E-state index < -0.39 is 0 Å². The van der Waals surface area contributed by atoms with E-state index in [1.807, 2.05) is 30.2 Å². The van der Waals surface area contributed by atoms with Crippen LogP contribution in [-0.2, 0) is 0 Å². The second-order valence-corrected chi connectivity index (χ2v) is 7.38. The molecule has 0 unspecified atom stereocenters. The molecule has 4 rings (SSSR count). The maximum absolute atomic E-state index is 12.7. The van der Waals surface area contributed by atoms with Gasteiger partial charge in [-0.2, -0.15) is 0 Å². The quantitative estimate of drug-likeness (QED) is 0.860. The van der Waals surface area contributed by atoms with E-state index in [0.717, 1.165) is 43.3 Å². The molecule has 0 saturated carbocycles. The topological polar surface area (TPSA) is 62.5 Å². The molecule has 0 N–H and O–H groups in total. The second-order valence-electron chi connectivity index (χ2n) is 7.38. The number of likely N-dealkylation sites (tertiary alicyclic amines) is 1. The lowest BCUT2D eigenvalue weighted by atomic mass is 10.1. The molecule has 2 saturated heterocycles. The first-order valence-electron chi connectivity index (χ1n) is 8.97. The third-order valence-corrected chi connectivity index (χ3v) is 5.36. The summed E-state index contributed by atoms with van der Waals surface area (Å²) in [5.74, 6) is 3.13. The predicted octanol–water partition coefficient (Wildman–Crippen LogP) is 2.85. The Bertz CT molecular complexity index is 785. The zero-order valence-corrected chi connectivity index (χ0v) is 15.0. The predicted molar refractivity (Wildman–Crippen MR) is 94.7 cm³/mol. The van der Waals surface area contributed by atoms with Crippen LogP contribution in [-0.4, -0.2) is 46.5 Å². The van der Waals surface area contributed by atoms with Crippen LogP contribution < -0.4 is 4.90 Å². The summed E-state index contributed by atoms with van der Waals surface area (Å²) in [5, 5.41) is 0. The molecule has 25 heavy (non-hydrogen) atoms. The lowest BCUT2D eigenvalue weighted by molar-refractivity contribution is 0.0751. The molecule has 0 radical (unpaired) electrons. The number of nitrogens with zero attached hydrogens (tertiary/aromatic N) is 4. The first kappa shape index (κ1) is 16.1. The molecule has 0 bridgehead atoms. The number of rotatable bonds is 3. The molecule has 4 heterocycles. The van der Waals surface area contributed by atoms with Crippen molar-refractivity contribution in [2.75, 3.05) is 24.5 Å². The summed E-state index contributed by atoms with van der Waals surface area (Å²) in [6.45, 7) is 8.63. The number of amides is 1. The highest BCUT2D eigenvalue weighted by atomic mass is 16.3. The van der Waals surface area contributed by atoms with E-state index in [1.54, 1.807) is 6.26 Å². The van der Waals surface area contributed by atoms with Crippen molar-refractivity contribution in [3.05, 3.63) is 41.7 Å². The number of fused-ring (bicyclic) bond motifs is 1. The third kappa shape index (κ3) is 2.79. The zero-order chi connectivity index (χ0) is 17.6. The van der Waals surface area contributed by atoms with Crippen LogP contribution in [0, 0.1) is 12.8 Å². The molecule has 2 aliphatic heterocycles. The number of anilines is 1. The number of carbonyl (C=O) groups is 1. The highest BCUT2D eigenvalue weighted by Gasteiger charge is 2.44. The Labute approximate surface area is 147 Å². The lowest BCUT2D eigenvalue weighted by Gasteiger charge is -2.26. The number of furan rings is 1. The normalized spacial score (nSPS) is 22.7. The molecule has 0 spiro atoms. The minimum atomic E-state index is 0.00223. The molecular weight excluding hydrogens is 316 g/mol. The van der Waals surface area contributed by atoms with E-state index in [-0.39, 0.29) is 5.91 Å². The molecule has 2 fully saturated rings. The van der Waals surface area contributed by atoms with Crippen molar-refractivity contribution >= 4 is 11.7 Å². The van der Waals surface area contributed by atoms with Crippen molar-refractivity contribution in [1.29, 1.82) is 0 Å². The lowest BCUT2D eigenvalue weighted by Crippen LogP contribution is -2.37. The fourth-order valence-corrected chi connectivity index (χ4v) is 3.95. The largest absolute Gasteiger partial charge is 0.459 e. The maximum atomic E-state index is 12.7. The minimum absolute atomic E-state index is 0.00223. The van der Waals surface area contributed by atoms with Gasteiger partial charge in [-0.15, -0.1) is 0 Å². The molecule has 2 aromatic rings. The third-order valence-electron chi connectivity index (χ3n) is 5.36. The number of aryl methyl sites for hydroxylation is 1. The van der Waals surface area contributed by atoms with Gasteiger partial charge in [0.2, 0.25) is 0 Å². The summed E-state index contributed by atoms with van der Waals surface area (Å²) in [6.07, 6.45) is 4.52. The van der Waals surface area contributed by atoms with E-state index in [4.69, 9.17) is 9.40 Å². The zero-order valence-electron chi connectivity index (χ0n) is 15.0. The smallest absolute Gasteiger partial charge is 0.289 e. The molecule has 2 aromatic heterocycles. The van der Waals surface area contributed by atoms with Gasteiger partial charge in [0.25, 0.3) is 5.91 Å². The van der Waals surface area contributed by atoms with E-state index in [1.165, 1.54) is 0 Å². The van der Waals surface area contributed by atoms with Crippen LogP contribution in [0.3, 0.4) is 0 Å². The van der Waals surface area contributed by atoms with E-state index >= 15 is 0 Å². The molecule has 1 amide bonds. The second kappa shape index (κ2) is 6.17. The summed E-state index contributed by atoms with van der Waals surface area (Å²) in [6, 6.07) is 4.15. The van der Waals surface area contributed by atoms with E-state index in [0.29, 0.717) is 23.6 Å². The summed E-state index contributed by atoms with van der Waals surface area (Å²) < 4.78 is 5.39. The highest BCUT2D eigenvalue weighted by Crippen LogP contribution is 2.35. The molecule has 132 valence electrons. The number of aromatic nitrogens is 2. The summed E-state index contributed by atoms with van der Waals surface area (Å²) in [5.41, 5.74) is 0.899. The van der Waals surface area contributed by atoms with E-state index in [9.17, 15) is 4.79 Å². The fraction of sp³-hybridized carbons (Fsp3) is 0.526. The van der Waals surface area contributed by atoms with Gasteiger partial charge in [0.1, 0.15) is 11.6 Å². The number of hydrogen-bond acceptors (Lipinski definition) is 5. The van der Waals surface area contributed by atoms with Gasteiger partial charge in [-0.3, -0.25) is 4.79 Å². The summed E-state index contributed by atoms with van der Waals surface area (Å²) >= 11 is 0. The Balaban J connectivity index is 1.53. The molecule has 0 aromatic carbocycles. The Morgan fingerprint density at radius 1 is 1.32 bits per heavy atom. The Morgan fingerprint density at radius 2 is 2.16 bits per heavy atom. The highest BCUT2D eigenvalue weighted by molar-refractivity contribution is 5.93. The van der Waals surface area contributed by atoms with Crippen molar-refractivity contribution in [3.63, 3.8) is 0 Å². The molecule has 6 heteroatoms. The van der Waals surface area contributed by atoms with Crippen LogP contribution in [0.5, 0.6) is 0 Å². The van der Waals surface area contributed by atoms with Gasteiger partial charge in [0.15, 0.2) is 5.76 Å². The van der Waals surface area contributed by atoms with Gasteiger partial charge >= 0.3 is 0 Å². The van der Waals surface area contributed by atoms with Crippen LogP contribution in [0.25, 0.3) is 0 Å². The van der Waals surface area contributed by atoms with Crippen molar-refractivity contribution < 1.29 is 9.21 Å². The monoisotopic (exact) mass is 340 g/mol. The first-order chi connectivity index (χ1) is 12.0. The molecule has 2 atom stereocenters. The Morgan fingerprint density at radius 3 is 2.88 bits per heavy atom. The standard InChI is InChI=1S/C19H24N4O2/c1-12(2)18-20-7-4-16(21-18)23-8-5-14-10-22(11-15(14)23)19(24)17-13(3)6-9-25-17/h4,6-7,9,12,14-15H,5,8,10-11H2,1-3H3/t14-,15+/m1/s1. The van der Waals surface area contributed by atoms with Crippen LogP contribution in [0.1, 0.15) is 48.1 Å². The molecular formula is C19H24N4O2. The fourth-order valence-electron chi connectivity index (χ4n) is 3.95. The van der Waals surface area contributed by atoms with Crippen molar-refractivity contribution in [2.24, 2.45) is 5.92 Å². The summed E-state index contributed by atoms with van der Waals surface area (Å²) in [4.78, 5) is 26.1. The van der Waals surface area contributed by atoms with Crippen LogP contribution in [0.15, 0.2) is 29.0 Å². The van der Waals surface area contributed by atoms with Crippen molar-refractivity contribution in [1.82, 2.24) is 14.9 Å². The van der Waals surface area contributed by atoms with Crippen LogP contribution in [0.2, 0.25) is 0 Å². The van der Waals surface area contributed by atoms with Gasteiger partial charge in [-0.1, -0.05) is 13.8 Å². The maximum Gasteiger partial charge on any atom is 0.289 e. The molecule has 2 aliphatic rings. The average Bonchev–Trinajstić information content (AvgIpc) is 3.29. The SMILES string of the molecule is Cc1ccoc1C(=O)N1C[C@H]2CCN(c3ccnc(C(C)C)n3)[C@H]2C1.